The molecule has 0 aliphatic heterocycles. The van der Waals surface area contributed by atoms with Crippen LogP contribution in [0.15, 0.2) is 30.0 Å². The summed E-state index contributed by atoms with van der Waals surface area (Å²) in [6, 6.07) is 6.13. The van der Waals surface area contributed by atoms with E-state index in [2.05, 4.69) is 35.4 Å². The highest BCUT2D eigenvalue weighted by Gasteiger charge is 2.17. The van der Waals surface area contributed by atoms with Gasteiger partial charge in [-0.05, 0) is 43.5 Å². The molecule has 1 heterocycles. The van der Waals surface area contributed by atoms with Gasteiger partial charge in [-0.3, -0.25) is 4.98 Å². The van der Waals surface area contributed by atoms with Crippen molar-refractivity contribution in [3.8, 4) is 0 Å². The van der Waals surface area contributed by atoms with E-state index in [1.807, 2.05) is 12.3 Å². The standard InChI is InChI=1S/C16H24N2/c1-2-17-13-15(14-8-4-3-5-9-14)12-16-10-6-7-11-18-16/h6-7,10-12,14,17H,2-5,8-9,13H2,1H3. The summed E-state index contributed by atoms with van der Waals surface area (Å²) in [5.74, 6) is 0.764. The molecule has 0 spiro atoms. The predicted molar refractivity (Wildman–Crippen MR) is 77.3 cm³/mol. The van der Waals surface area contributed by atoms with Gasteiger partial charge < -0.3 is 5.32 Å². The fourth-order valence-corrected chi connectivity index (χ4v) is 2.71. The number of nitrogens with one attached hydrogen (secondary N) is 1. The molecule has 1 saturated carbocycles. The Morgan fingerprint density at radius 1 is 1.33 bits per heavy atom. The SMILES string of the molecule is CCNCC(=Cc1ccccn1)C1CCCCC1. The Hall–Kier alpha value is -1.15. The topological polar surface area (TPSA) is 24.9 Å². The summed E-state index contributed by atoms with van der Waals surface area (Å²) < 4.78 is 0. The molecule has 0 radical (unpaired) electrons. The zero-order valence-electron chi connectivity index (χ0n) is 11.4. The largest absolute Gasteiger partial charge is 0.313 e. The Balaban J connectivity index is 2.10. The first-order valence-corrected chi connectivity index (χ1v) is 7.22. The second-order valence-electron chi connectivity index (χ2n) is 5.09. The molecule has 0 unspecified atom stereocenters. The average molecular weight is 244 g/mol. The van der Waals surface area contributed by atoms with Gasteiger partial charge in [0.2, 0.25) is 0 Å². The minimum absolute atomic E-state index is 0.764. The van der Waals surface area contributed by atoms with Crippen LogP contribution in [0.25, 0.3) is 6.08 Å². The number of aromatic nitrogens is 1. The van der Waals surface area contributed by atoms with Crippen molar-refractivity contribution in [3.05, 3.63) is 35.7 Å². The van der Waals surface area contributed by atoms with Crippen molar-refractivity contribution in [1.82, 2.24) is 10.3 Å². The summed E-state index contributed by atoms with van der Waals surface area (Å²) >= 11 is 0. The van der Waals surface area contributed by atoms with Crippen molar-refractivity contribution in [2.75, 3.05) is 13.1 Å². The van der Waals surface area contributed by atoms with Crippen molar-refractivity contribution in [3.63, 3.8) is 0 Å². The molecule has 18 heavy (non-hydrogen) atoms. The van der Waals surface area contributed by atoms with Crippen LogP contribution in [-0.2, 0) is 0 Å². The number of nitrogens with zero attached hydrogens (tertiary/aromatic N) is 1. The van der Waals surface area contributed by atoms with Crippen molar-refractivity contribution >= 4 is 6.08 Å². The van der Waals surface area contributed by atoms with Crippen molar-refractivity contribution in [2.45, 2.75) is 39.0 Å². The van der Waals surface area contributed by atoms with Crippen molar-refractivity contribution in [2.24, 2.45) is 5.92 Å². The van der Waals surface area contributed by atoms with E-state index in [1.165, 1.54) is 37.7 Å². The van der Waals surface area contributed by atoms with Crippen LogP contribution in [0, 0.1) is 5.92 Å². The van der Waals surface area contributed by atoms with Crippen LogP contribution in [0.4, 0.5) is 0 Å². The summed E-state index contributed by atoms with van der Waals surface area (Å²) in [5, 5.41) is 3.47. The zero-order chi connectivity index (χ0) is 12.6. The molecule has 1 aliphatic rings. The molecule has 1 aromatic heterocycles. The molecular weight excluding hydrogens is 220 g/mol. The Kier molecular flexibility index (Phi) is 5.40. The van der Waals surface area contributed by atoms with Gasteiger partial charge >= 0.3 is 0 Å². The van der Waals surface area contributed by atoms with Crippen LogP contribution < -0.4 is 5.32 Å². The van der Waals surface area contributed by atoms with Crippen LogP contribution in [0.3, 0.4) is 0 Å². The first-order valence-electron chi connectivity index (χ1n) is 7.22. The quantitative estimate of drug-likeness (QED) is 0.855. The number of hydrogen-bond acceptors (Lipinski definition) is 2. The molecule has 0 saturated heterocycles. The maximum atomic E-state index is 4.42. The summed E-state index contributed by atoms with van der Waals surface area (Å²) in [4.78, 5) is 4.42. The molecule has 0 amide bonds. The average Bonchev–Trinajstić information content (AvgIpc) is 2.45. The molecule has 1 N–H and O–H groups in total. The fraction of sp³-hybridized carbons (Fsp3) is 0.562. The van der Waals surface area contributed by atoms with Gasteiger partial charge in [-0.25, -0.2) is 0 Å². The van der Waals surface area contributed by atoms with E-state index in [0.717, 1.165) is 24.7 Å². The van der Waals surface area contributed by atoms with E-state index in [0.29, 0.717) is 0 Å². The number of hydrogen-bond donors (Lipinski definition) is 1. The normalized spacial score (nSPS) is 17.9. The van der Waals surface area contributed by atoms with Crippen LogP contribution in [0.1, 0.15) is 44.7 Å². The molecule has 0 atom stereocenters. The molecule has 1 aromatic rings. The van der Waals surface area contributed by atoms with Gasteiger partial charge in [-0.15, -0.1) is 0 Å². The zero-order valence-corrected chi connectivity index (χ0v) is 11.4. The molecule has 0 bridgehead atoms. The Morgan fingerprint density at radius 2 is 2.17 bits per heavy atom. The Morgan fingerprint density at radius 3 is 2.83 bits per heavy atom. The minimum atomic E-state index is 0.764. The van der Waals surface area contributed by atoms with Crippen LogP contribution in [-0.4, -0.2) is 18.1 Å². The summed E-state index contributed by atoms with van der Waals surface area (Å²) in [7, 11) is 0. The number of pyridine rings is 1. The van der Waals surface area contributed by atoms with Gasteiger partial charge in [0.25, 0.3) is 0 Å². The van der Waals surface area contributed by atoms with Crippen molar-refractivity contribution in [1.29, 1.82) is 0 Å². The van der Waals surface area contributed by atoms with Crippen LogP contribution >= 0.6 is 0 Å². The highest BCUT2D eigenvalue weighted by Crippen LogP contribution is 2.30. The molecular formula is C16H24N2. The smallest absolute Gasteiger partial charge is 0.0629 e. The molecule has 2 rings (SSSR count). The third-order valence-corrected chi connectivity index (χ3v) is 3.73. The Labute approximate surface area is 111 Å². The van der Waals surface area contributed by atoms with Gasteiger partial charge in [0.15, 0.2) is 0 Å². The molecule has 2 nitrogen and oxygen atoms in total. The third-order valence-electron chi connectivity index (χ3n) is 3.73. The van der Waals surface area contributed by atoms with E-state index in [1.54, 1.807) is 0 Å². The monoisotopic (exact) mass is 244 g/mol. The number of rotatable bonds is 5. The fourth-order valence-electron chi connectivity index (χ4n) is 2.71. The van der Waals surface area contributed by atoms with Crippen molar-refractivity contribution < 1.29 is 0 Å². The lowest BCUT2D eigenvalue weighted by Crippen LogP contribution is -2.22. The van der Waals surface area contributed by atoms with Crippen LogP contribution in [0.2, 0.25) is 0 Å². The van der Waals surface area contributed by atoms with E-state index in [9.17, 15) is 0 Å². The Bertz CT molecular complexity index is 364. The first kappa shape index (κ1) is 13.3. The maximum Gasteiger partial charge on any atom is 0.0629 e. The minimum Gasteiger partial charge on any atom is -0.313 e. The lowest BCUT2D eigenvalue weighted by atomic mass is 9.83. The maximum absolute atomic E-state index is 4.42. The summed E-state index contributed by atoms with van der Waals surface area (Å²) in [5.41, 5.74) is 2.63. The van der Waals surface area contributed by atoms with E-state index < -0.39 is 0 Å². The highest BCUT2D eigenvalue weighted by molar-refractivity contribution is 5.49. The second-order valence-corrected chi connectivity index (χ2v) is 5.09. The molecule has 0 aromatic carbocycles. The third kappa shape index (κ3) is 3.95. The molecule has 1 aliphatic carbocycles. The number of likely N-dealkylation sites (N-methyl/N-ethyl adjacent to an activating group) is 1. The predicted octanol–water partition coefficient (Wildman–Crippen LogP) is 3.65. The van der Waals surface area contributed by atoms with Gasteiger partial charge in [0.05, 0.1) is 5.69 Å². The molecule has 2 heteroatoms. The summed E-state index contributed by atoms with van der Waals surface area (Å²) in [6.07, 6.45) is 11.0. The highest BCUT2D eigenvalue weighted by atomic mass is 14.8. The lowest BCUT2D eigenvalue weighted by Gasteiger charge is -2.25. The van der Waals surface area contributed by atoms with E-state index >= 15 is 0 Å². The molecule has 1 fully saturated rings. The van der Waals surface area contributed by atoms with Gasteiger partial charge in [0, 0.05) is 12.7 Å². The van der Waals surface area contributed by atoms with E-state index in [-0.39, 0.29) is 0 Å². The van der Waals surface area contributed by atoms with Crippen LogP contribution in [0.5, 0.6) is 0 Å². The van der Waals surface area contributed by atoms with Gasteiger partial charge in [0.1, 0.15) is 0 Å². The van der Waals surface area contributed by atoms with E-state index in [4.69, 9.17) is 0 Å². The summed E-state index contributed by atoms with van der Waals surface area (Å²) in [6.45, 7) is 4.21. The van der Waals surface area contributed by atoms with Gasteiger partial charge in [-0.1, -0.05) is 37.8 Å². The van der Waals surface area contributed by atoms with Gasteiger partial charge in [-0.2, -0.15) is 0 Å². The lowest BCUT2D eigenvalue weighted by molar-refractivity contribution is 0.397. The molecule has 98 valence electrons. The first-order chi connectivity index (χ1) is 8.90. The second kappa shape index (κ2) is 7.32.